The molecule has 0 aliphatic carbocycles. The SMILES string of the molecule is CC(C)(C)NC(=O)c1ccc(NC(=S)NC(=O)c2ccco2)cc1. The zero-order valence-electron chi connectivity index (χ0n) is 13.7. The van der Waals surface area contributed by atoms with Gasteiger partial charge in [-0.15, -0.1) is 0 Å². The fourth-order valence-electron chi connectivity index (χ4n) is 1.85. The predicted octanol–water partition coefficient (Wildman–Crippen LogP) is 2.93. The van der Waals surface area contributed by atoms with Crippen molar-refractivity contribution in [2.24, 2.45) is 0 Å². The number of anilines is 1. The van der Waals surface area contributed by atoms with Crippen LogP contribution in [0, 0.1) is 0 Å². The van der Waals surface area contributed by atoms with E-state index in [1.165, 1.54) is 6.26 Å². The van der Waals surface area contributed by atoms with Gasteiger partial charge in [-0.25, -0.2) is 0 Å². The molecule has 0 saturated carbocycles. The average Bonchev–Trinajstić information content (AvgIpc) is 3.00. The lowest BCUT2D eigenvalue weighted by atomic mass is 10.1. The fourth-order valence-corrected chi connectivity index (χ4v) is 2.06. The van der Waals surface area contributed by atoms with E-state index >= 15 is 0 Å². The van der Waals surface area contributed by atoms with Gasteiger partial charge in [-0.2, -0.15) is 0 Å². The van der Waals surface area contributed by atoms with Gasteiger partial charge >= 0.3 is 0 Å². The number of hydrogen-bond donors (Lipinski definition) is 3. The Hall–Kier alpha value is -2.67. The lowest BCUT2D eigenvalue weighted by Gasteiger charge is -2.20. The molecule has 3 N–H and O–H groups in total. The molecular formula is C17H19N3O3S. The van der Waals surface area contributed by atoms with Gasteiger partial charge in [0.15, 0.2) is 10.9 Å². The molecule has 24 heavy (non-hydrogen) atoms. The van der Waals surface area contributed by atoms with Crippen molar-refractivity contribution in [3.8, 4) is 0 Å². The summed E-state index contributed by atoms with van der Waals surface area (Å²) in [5.41, 5.74) is 0.902. The molecule has 1 aromatic carbocycles. The van der Waals surface area contributed by atoms with E-state index in [-0.39, 0.29) is 22.3 Å². The molecule has 1 heterocycles. The van der Waals surface area contributed by atoms with E-state index < -0.39 is 5.91 Å². The van der Waals surface area contributed by atoms with Crippen LogP contribution >= 0.6 is 12.2 Å². The molecule has 2 amide bonds. The van der Waals surface area contributed by atoms with Crippen LogP contribution < -0.4 is 16.0 Å². The van der Waals surface area contributed by atoms with E-state index in [1.54, 1.807) is 36.4 Å². The van der Waals surface area contributed by atoms with Crippen LogP contribution in [0.1, 0.15) is 41.7 Å². The van der Waals surface area contributed by atoms with E-state index in [9.17, 15) is 9.59 Å². The van der Waals surface area contributed by atoms with Crippen molar-refractivity contribution in [1.82, 2.24) is 10.6 Å². The number of thiocarbonyl (C=S) groups is 1. The largest absolute Gasteiger partial charge is 0.459 e. The maximum atomic E-state index is 12.0. The van der Waals surface area contributed by atoms with Gasteiger partial charge in [-0.1, -0.05) is 0 Å². The molecule has 0 aliphatic heterocycles. The Morgan fingerprint density at radius 3 is 2.25 bits per heavy atom. The van der Waals surface area contributed by atoms with Crippen LogP contribution in [0.4, 0.5) is 5.69 Å². The standard InChI is InChI=1S/C17H19N3O3S/c1-17(2,3)20-14(21)11-6-8-12(9-7-11)18-16(24)19-15(22)13-5-4-10-23-13/h4-10H,1-3H3,(H,20,21)(H2,18,19,22,24). The summed E-state index contributed by atoms with van der Waals surface area (Å²) in [6.07, 6.45) is 1.41. The number of carbonyl (C=O) groups is 2. The van der Waals surface area contributed by atoms with Crippen molar-refractivity contribution in [3.05, 3.63) is 54.0 Å². The number of benzene rings is 1. The molecule has 6 nitrogen and oxygen atoms in total. The van der Waals surface area contributed by atoms with Crippen molar-refractivity contribution in [3.63, 3.8) is 0 Å². The van der Waals surface area contributed by atoms with Crippen LogP contribution in [-0.4, -0.2) is 22.5 Å². The highest BCUT2D eigenvalue weighted by Gasteiger charge is 2.15. The van der Waals surface area contributed by atoms with Crippen molar-refractivity contribution >= 4 is 34.8 Å². The van der Waals surface area contributed by atoms with E-state index in [2.05, 4.69) is 16.0 Å². The van der Waals surface area contributed by atoms with Crippen molar-refractivity contribution in [1.29, 1.82) is 0 Å². The number of hydrogen-bond acceptors (Lipinski definition) is 4. The van der Waals surface area contributed by atoms with Crippen LogP contribution in [0.2, 0.25) is 0 Å². The number of nitrogens with one attached hydrogen (secondary N) is 3. The number of furan rings is 1. The van der Waals surface area contributed by atoms with Crippen molar-refractivity contribution in [2.75, 3.05) is 5.32 Å². The highest BCUT2D eigenvalue weighted by Crippen LogP contribution is 2.11. The first kappa shape index (κ1) is 17.7. The summed E-state index contributed by atoms with van der Waals surface area (Å²) >= 11 is 5.08. The second-order valence-corrected chi connectivity index (χ2v) is 6.58. The first-order valence-corrected chi connectivity index (χ1v) is 7.74. The summed E-state index contributed by atoms with van der Waals surface area (Å²) in [6, 6.07) is 9.94. The molecular weight excluding hydrogens is 326 g/mol. The molecule has 1 aromatic heterocycles. The first-order chi connectivity index (χ1) is 11.2. The number of amides is 2. The van der Waals surface area contributed by atoms with Crippen LogP contribution in [0.25, 0.3) is 0 Å². The summed E-state index contributed by atoms with van der Waals surface area (Å²) in [5.74, 6) is -0.408. The Kier molecular flexibility index (Phi) is 5.35. The average molecular weight is 345 g/mol. The zero-order valence-corrected chi connectivity index (χ0v) is 14.5. The van der Waals surface area contributed by atoms with Gasteiger partial charge in [0.25, 0.3) is 11.8 Å². The van der Waals surface area contributed by atoms with Gasteiger partial charge in [-0.3, -0.25) is 14.9 Å². The second-order valence-electron chi connectivity index (χ2n) is 6.17. The molecule has 0 fully saturated rings. The summed E-state index contributed by atoms with van der Waals surface area (Å²) in [4.78, 5) is 23.8. The molecule has 0 unspecified atom stereocenters. The van der Waals surface area contributed by atoms with Gasteiger partial charge in [-0.05, 0) is 69.4 Å². The normalized spacial score (nSPS) is 10.8. The van der Waals surface area contributed by atoms with E-state index in [0.29, 0.717) is 11.3 Å². The van der Waals surface area contributed by atoms with Gasteiger partial charge in [0, 0.05) is 16.8 Å². The molecule has 0 aliphatic rings. The Balaban J connectivity index is 1.92. The van der Waals surface area contributed by atoms with Gasteiger partial charge < -0.3 is 15.1 Å². The molecule has 126 valence electrons. The van der Waals surface area contributed by atoms with Gasteiger partial charge in [0.05, 0.1) is 6.26 Å². The molecule has 2 aromatic rings. The third-order valence-electron chi connectivity index (χ3n) is 2.87. The third-order valence-corrected chi connectivity index (χ3v) is 3.07. The topological polar surface area (TPSA) is 83.4 Å². The minimum atomic E-state index is -0.432. The van der Waals surface area contributed by atoms with Crippen LogP contribution in [0.15, 0.2) is 47.1 Å². The molecule has 0 bridgehead atoms. The molecule has 2 rings (SSSR count). The van der Waals surface area contributed by atoms with Crippen LogP contribution in [-0.2, 0) is 0 Å². The van der Waals surface area contributed by atoms with Crippen LogP contribution in [0.3, 0.4) is 0 Å². The summed E-state index contributed by atoms with van der Waals surface area (Å²) < 4.78 is 4.98. The molecule has 0 atom stereocenters. The van der Waals surface area contributed by atoms with Crippen molar-refractivity contribution in [2.45, 2.75) is 26.3 Å². The molecule has 7 heteroatoms. The minimum absolute atomic E-state index is 0.142. The summed E-state index contributed by atoms with van der Waals surface area (Å²) in [6.45, 7) is 5.75. The monoisotopic (exact) mass is 345 g/mol. The van der Waals surface area contributed by atoms with Gasteiger partial charge in [0.1, 0.15) is 0 Å². The maximum absolute atomic E-state index is 12.0. The quantitative estimate of drug-likeness (QED) is 0.745. The van der Waals surface area contributed by atoms with Gasteiger partial charge in [0.2, 0.25) is 0 Å². The number of carbonyl (C=O) groups excluding carboxylic acids is 2. The minimum Gasteiger partial charge on any atom is -0.459 e. The Bertz CT molecular complexity index is 731. The maximum Gasteiger partial charge on any atom is 0.293 e. The smallest absolute Gasteiger partial charge is 0.293 e. The van der Waals surface area contributed by atoms with E-state index in [0.717, 1.165) is 0 Å². The Morgan fingerprint density at radius 1 is 1.04 bits per heavy atom. The zero-order chi connectivity index (χ0) is 17.7. The lowest BCUT2D eigenvalue weighted by Crippen LogP contribution is -2.40. The predicted molar refractivity (Wildman–Crippen MR) is 96.1 cm³/mol. The van der Waals surface area contributed by atoms with E-state index in [4.69, 9.17) is 16.6 Å². The lowest BCUT2D eigenvalue weighted by molar-refractivity contribution is 0.0917. The van der Waals surface area contributed by atoms with E-state index in [1.807, 2.05) is 20.8 Å². The Labute approximate surface area is 145 Å². The van der Waals surface area contributed by atoms with Crippen molar-refractivity contribution < 1.29 is 14.0 Å². The van der Waals surface area contributed by atoms with Crippen LogP contribution in [0.5, 0.6) is 0 Å². The fraction of sp³-hybridized carbons (Fsp3) is 0.235. The first-order valence-electron chi connectivity index (χ1n) is 7.33. The molecule has 0 saturated heterocycles. The third kappa shape index (κ3) is 5.20. The summed E-state index contributed by atoms with van der Waals surface area (Å²) in [5, 5.41) is 8.41. The molecule has 0 spiro atoms. The number of rotatable bonds is 3. The molecule has 0 radical (unpaired) electrons. The highest BCUT2D eigenvalue weighted by atomic mass is 32.1. The Morgan fingerprint density at radius 2 is 1.71 bits per heavy atom. The highest BCUT2D eigenvalue weighted by molar-refractivity contribution is 7.80. The summed E-state index contributed by atoms with van der Waals surface area (Å²) in [7, 11) is 0. The second kappa shape index (κ2) is 7.27.